The zero-order valence-corrected chi connectivity index (χ0v) is 13.9. The van der Waals surface area contributed by atoms with E-state index in [1.165, 1.54) is 44.2 Å². The maximum Gasteiger partial charge on any atom is 0.416 e. The summed E-state index contributed by atoms with van der Waals surface area (Å²) in [6.45, 7) is 0. The van der Waals surface area contributed by atoms with Crippen LogP contribution in [0.25, 0.3) is 0 Å². The van der Waals surface area contributed by atoms with Gasteiger partial charge in [0.1, 0.15) is 0 Å². The minimum Gasteiger partial charge on any atom is -0.193 e. The second-order valence-corrected chi connectivity index (χ2v) is 6.71. The standard InChI is InChI=1S/C20H24F3N/c21-20(22,23)19-13-11-17(12-14-19)5-2-1-4-16-7-9-18(10-8-16)6-3-15-24/h3,6,11-14,16,18H,1-2,4-5,7-10H2. The lowest BCUT2D eigenvalue weighted by atomic mass is 9.79. The van der Waals surface area contributed by atoms with Gasteiger partial charge in [-0.25, -0.2) is 0 Å². The highest BCUT2D eigenvalue weighted by Gasteiger charge is 2.29. The van der Waals surface area contributed by atoms with E-state index in [1.807, 2.05) is 6.08 Å². The summed E-state index contributed by atoms with van der Waals surface area (Å²) in [5.74, 6) is 1.33. The summed E-state index contributed by atoms with van der Waals surface area (Å²) < 4.78 is 37.5. The van der Waals surface area contributed by atoms with Crippen LogP contribution in [0, 0.1) is 23.2 Å². The molecule has 1 fully saturated rings. The maximum absolute atomic E-state index is 12.5. The minimum atomic E-state index is -4.25. The highest BCUT2D eigenvalue weighted by molar-refractivity contribution is 5.24. The summed E-state index contributed by atoms with van der Waals surface area (Å²) in [7, 11) is 0. The van der Waals surface area contributed by atoms with Crippen LogP contribution in [-0.2, 0) is 12.6 Å². The number of halogens is 3. The van der Waals surface area contributed by atoms with Crippen LogP contribution < -0.4 is 0 Å². The van der Waals surface area contributed by atoms with Crippen molar-refractivity contribution < 1.29 is 13.2 Å². The van der Waals surface area contributed by atoms with Crippen LogP contribution in [0.2, 0.25) is 0 Å². The van der Waals surface area contributed by atoms with E-state index in [9.17, 15) is 13.2 Å². The van der Waals surface area contributed by atoms with E-state index in [0.717, 1.165) is 30.7 Å². The van der Waals surface area contributed by atoms with E-state index in [1.54, 1.807) is 18.2 Å². The van der Waals surface area contributed by atoms with Crippen molar-refractivity contribution in [2.75, 3.05) is 0 Å². The first kappa shape index (κ1) is 18.6. The van der Waals surface area contributed by atoms with Crippen LogP contribution in [-0.4, -0.2) is 0 Å². The van der Waals surface area contributed by atoms with Crippen LogP contribution in [0.4, 0.5) is 13.2 Å². The van der Waals surface area contributed by atoms with Crippen molar-refractivity contribution >= 4 is 0 Å². The van der Waals surface area contributed by atoms with Gasteiger partial charge in [0.25, 0.3) is 0 Å². The van der Waals surface area contributed by atoms with E-state index >= 15 is 0 Å². The minimum absolute atomic E-state index is 0.563. The normalized spacial score (nSPS) is 21.8. The van der Waals surface area contributed by atoms with Crippen molar-refractivity contribution in [3.63, 3.8) is 0 Å². The summed E-state index contributed by atoms with van der Waals surface area (Å²) >= 11 is 0. The molecule has 24 heavy (non-hydrogen) atoms. The molecule has 0 bridgehead atoms. The van der Waals surface area contributed by atoms with Gasteiger partial charge in [0.05, 0.1) is 11.6 Å². The Kier molecular flexibility index (Phi) is 6.90. The van der Waals surface area contributed by atoms with Gasteiger partial charge in [0.15, 0.2) is 0 Å². The summed E-state index contributed by atoms with van der Waals surface area (Å²) in [5.41, 5.74) is 0.404. The number of benzene rings is 1. The third-order valence-electron chi connectivity index (χ3n) is 4.94. The van der Waals surface area contributed by atoms with Crippen LogP contribution in [0.5, 0.6) is 0 Å². The highest BCUT2D eigenvalue weighted by Crippen LogP contribution is 2.33. The molecule has 0 heterocycles. The Morgan fingerprint density at radius 1 is 1.04 bits per heavy atom. The third kappa shape index (κ3) is 6.03. The Bertz CT molecular complexity index is 558. The molecule has 0 atom stereocenters. The van der Waals surface area contributed by atoms with E-state index in [-0.39, 0.29) is 0 Å². The molecule has 0 N–H and O–H groups in total. The maximum atomic E-state index is 12.5. The van der Waals surface area contributed by atoms with Crippen LogP contribution >= 0.6 is 0 Å². The molecule has 1 nitrogen and oxygen atoms in total. The fourth-order valence-electron chi connectivity index (χ4n) is 3.47. The summed E-state index contributed by atoms with van der Waals surface area (Å²) in [4.78, 5) is 0. The van der Waals surface area contributed by atoms with Gasteiger partial charge in [-0.1, -0.05) is 31.1 Å². The van der Waals surface area contributed by atoms with Gasteiger partial charge in [-0.3, -0.25) is 0 Å². The zero-order chi connectivity index (χ0) is 17.4. The van der Waals surface area contributed by atoms with Gasteiger partial charge < -0.3 is 0 Å². The average Bonchev–Trinajstić information content (AvgIpc) is 2.57. The molecule has 1 aliphatic carbocycles. The number of nitriles is 1. The number of nitrogens with zero attached hydrogens (tertiary/aromatic N) is 1. The Balaban J connectivity index is 1.64. The molecule has 0 unspecified atom stereocenters. The predicted octanol–water partition coefficient (Wildman–Crippen LogP) is 6.30. The molecule has 1 aromatic carbocycles. The molecule has 0 aromatic heterocycles. The summed E-state index contributed by atoms with van der Waals surface area (Å²) in [6, 6.07) is 7.58. The number of allylic oxidation sites excluding steroid dienone is 2. The third-order valence-corrected chi connectivity index (χ3v) is 4.94. The van der Waals surface area contributed by atoms with Crippen LogP contribution in [0.15, 0.2) is 36.4 Å². The van der Waals surface area contributed by atoms with Gasteiger partial charge in [-0.05, 0) is 68.1 Å². The molecule has 0 aliphatic heterocycles. The Morgan fingerprint density at radius 3 is 2.29 bits per heavy atom. The molecule has 0 saturated heterocycles. The fourth-order valence-corrected chi connectivity index (χ4v) is 3.47. The van der Waals surface area contributed by atoms with Gasteiger partial charge in [0, 0.05) is 6.08 Å². The van der Waals surface area contributed by atoms with Crippen molar-refractivity contribution in [1.29, 1.82) is 5.26 Å². The molecular formula is C20H24F3N. The summed E-state index contributed by atoms with van der Waals surface area (Å²) in [6.07, 6.45) is 8.36. The van der Waals surface area contributed by atoms with Crippen molar-refractivity contribution in [3.8, 4) is 6.07 Å². The van der Waals surface area contributed by atoms with Crippen molar-refractivity contribution in [1.82, 2.24) is 0 Å². The smallest absolute Gasteiger partial charge is 0.193 e. The molecule has 1 aliphatic rings. The molecule has 130 valence electrons. The van der Waals surface area contributed by atoms with Gasteiger partial charge >= 0.3 is 6.18 Å². The Hall–Kier alpha value is -1.76. The predicted molar refractivity (Wildman–Crippen MR) is 89.2 cm³/mol. The van der Waals surface area contributed by atoms with Gasteiger partial charge in [-0.15, -0.1) is 0 Å². The monoisotopic (exact) mass is 335 g/mol. The lowest BCUT2D eigenvalue weighted by Crippen LogP contribution is -2.13. The van der Waals surface area contributed by atoms with Gasteiger partial charge in [-0.2, -0.15) is 18.4 Å². The van der Waals surface area contributed by atoms with Crippen LogP contribution in [0.3, 0.4) is 0 Å². The van der Waals surface area contributed by atoms with Gasteiger partial charge in [0.2, 0.25) is 0 Å². The van der Waals surface area contributed by atoms with E-state index in [2.05, 4.69) is 6.07 Å². The number of hydrogen-bond acceptors (Lipinski definition) is 1. The zero-order valence-electron chi connectivity index (χ0n) is 13.9. The largest absolute Gasteiger partial charge is 0.416 e. The molecular weight excluding hydrogens is 311 g/mol. The van der Waals surface area contributed by atoms with Crippen molar-refractivity contribution in [3.05, 3.63) is 47.5 Å². The van der Waals surface area contributed by atoms with E-state index in [0.29, 0.717) is 5.92 Å². The SMILES string of the molecule is N#CC=CC1CCC(CCCCc2ccc(C(F)(F)F)cc2)CC1. The molecule has 0 spiro atoms. The lowest BCUT2D eigenvalue weighted by molar-refractivity contribution is -0.137. The second-order valence-electron chi connectivity index (χ2n) is 6.71. The first-order valence-corrected chi connectivity index (χ1v) is 8.71. The first-order chi connectivity index (χ1) is 11.5. The second kappa shape index (κ2) is 8.92. The Labute approximate surface area is 142 Å². The number of alkyl halides is 3. The van der Waals surface area contributed by atoms with E-state index < -0.39 is 11.7 Å². The molecule has 0 radical (unpaired) electrons. The number of unbranched alkanes of at least 4 members (excludes halogenated alkanes) is 1. The Morgan fingerprint density at radius 2 is 1.71 bits per heavy atom. The highest BCUT2D eigenvalue weighted by atomic mass is 19.4. The number of aryl methyl sites for hydroxylation is 1. The lowest BCUT2D eigenvalue weighted by Gasteiger charge is -2.26. The quantitative estimate of drug-likeness (QED) is 0.442. The van der Waals surface area contributed by atoms with E-state index in [4.69, 9.17) is 5.26 Å². The first-order valence-electron chi connectivity index (χ1n) is 8.71. The fraction of sp³-hybridized carbons (Fsp3) is 0.550. The van der Waals surface area contributed by atoms with Crippen molar-refractivity contribution in [2.45, 2.75) is 57.5 Å². The van der Waals surface area contributed by atoms with Crippen LogP contribution in [0.1, 0.15) is 56.1 Å². The molecule has 1 saturated carbocycles. The molecule has 4 heteroatoms. The number of hydrogen-bond donors (Lipinski definition) is 0. The molecule has 2 rings (SSSR count). The number of rotatable bonds is 6. The molecule has 1 aromatic rings. The average molecular weight is 335 g/mol. The summed E-state index contributed by atoms with van der Waals surface area (Å²) in [5, 5.41) is 8.55. The topological polar surface area (TPSA) is 23.8 Å². The van der Waals surface area contributed by atoms with Crippen molar-refractivity contribution in [2.24, 2.45) is 11.8 Å². The molecule has 0 amide bonds.